The average molecular weight is 404 g/mol. The molecule has 6 nitrogen and oxygen atoms in total. The lowest BCUT2D eigenvalue weighted by Crippen LogP contribution is -2.37. The van der Waals surface area contributed by atoms with E-state index in [1.165, 1.54) is 0 Å². The van der Waals surface area contributed by atoms with Gasteiger partial charge in [-0.15, -0.1) is 0 Å². The second kappa shape index (κ2) is 9.37. The van der Waals surface area contributed by atoms with Gasteiger partial charge in [0.1, 0.15) is 6.23 Å². The molecule has 3 rings (SSSR count). The molecule has 0 radical (unpaired) electrons. The highest BCUT2D eigenvalue weighted by Gasteiger charge is 2.29. The van der Waals surface area contributed by atoms with Crippen molar-refractivity contribution in [1.29, 1.82) is 0 Å². The third kappa shape index (κ3) is 4.63. The molecule has 1 atom stereocenters. The van der Waals surface area contributed by atoms with Gasteiger partial charge in [0.05, 0.1) is 11.5 Å². The Morgan fingerprint density at radius 3 is 2.57 bits per heavy atom. The van der Waals surface area contributed by atoms with E-state index in [0.29, 0.717) is 18.2 Å². The van der Waals surface area contributed by atoms with Crippen LogP contribution in [0.1, 0.15) is 37.6 Å². The zero-order valence-corrected chi connectivity index (χ0v) is 17.1. The van der Waals surface area contributed by atoms with Crippen molar-refractivity contribution in [3.63, 3.8) is 0 Å². The normalized spacial score (nSPS) is 17.5. The fraction of sp³-hybridized carbons (Fsp3) is 0.429. The first-order valence-corrected chi connectivity index (χ1v) is 10.0. The first-order chi connectivity index (χ1) is 13.5. The number of non-ortho nitro benzene ring substituents is 1. The molecule has 1 saturated heterocycles. The maximum absolute atomic E-state index is 11.4. The monoisotopic (exact) mass is 403 g/mol. The maximum Gasteiger partial charge on any atom is 0.270 e. The number of anilines is 1. The number of ether oxygens (including phenoxy) is 1. The van der Waals surface area contributed by atoms with Gasteiger partial charge in [-0.2, -0.15) is 0 Å². The van der Waals surface area contributed by atoms with Gasteiger partial charge < -0.3 is 9.64 Å². The van der Waals surface area contributed by atoms with Gasteiger partial charge in [-0.25, -0.2) is 0 Å². The van der Waals surface area contributed by atoms with Gasteiger partial charge in [0, 0.05) is 54.6 Å². The lowest BCUT2D eigenvalue weighted by atomic mass is 10.1. The molecule has 0 saturated carbocycles. The van der Waals surface area contributed by atoms with Crippen molar-refractivity contribution >= 4 is 23.0 Å². The van der Waals surface area contributed by atoms with Crippen molar-refractivity contribution < 1.29 is 9.66 Å². The summed E-state index contributed by atoms with van der Waals surface area (Å²) in [7, 11) is 0. The van der Waals surface area contributed by atoms with Gasteiger partial charge in [-0.05, 0) is 44.0 Å². The van der Waals surface area contributed by atoms with Crippen LogP contribution in [0.5, 0.6) is 0 Å². The molecule has 2 aromatic rings. The summed E-state index contributed by atoms with van der Waals surface area (Å²) >= 11 is 6.01. The molecule has 1 heterocycles. The number of nitrogens with zero attached hydrogens (tertiary/aromatic N) is 3. The number of nitro benzene ring substituents is 1. The SMILES string of the molecule is CCN(CC)c1ccc([N+](=O)[O-])cc1[C@@H]1OCCCN1Cc1ccc(Cl)cc1. The molecule has 0 aromatic heterocycles. The van der Waals surface area contributed by atoms with Crippen LogP contribution >= 0.6 is 11.6 Å². The Kier molecular flexibility index (Phi) is 6.88. The summed E-state index contributed by atoms with van der Waals surface area (Å²) in [6.45, 7) is 8.03. The van der Waals surface area contributed by atoms with E-state index in [9.17, 15) is 10.1 Å². The summed E-state index contributed by atoms with van der Waals surface area (Å²) in [6.07, 6.45) is 0.611. The summed E-state index contributed by atoms with van der Waals surface area (Å²) in [5.41, 5.74) is 3.07. The molecule has 1 aliphatic heterocycles. The second-order valence-electron chi connectivity index (χ2n) is 6.85. The highest BCUT2D eigenvalue weighted by molar-refractivity contribution is 6.30. The molecule has 7 heteroatoms. The number of hydrogen-bond acceptors (Lipinski definition) is 5. The maximum atomic E-state index is 11.4. The molecule has 1 aliphatic rings. The van der Waals surface area contributed by atoms with Gasteiger partial charge in [-0.1, -0.05) is 23.7 Å². The fourth-order valence-electron chi connectivity index (χ4n) is 3.66. The molecule has 0 amide bonds. The number of rotatable bonds is 7. The second-order valence-corrected chi connectivity index (χ2v) is 7.28. The van der Waals surface area contributed by atoms with Crippen LogP contribution in [0.4, 0.5) is 11.4 Å². The molecular formula is C21H26ClN3O3. The minimum absolute atomic E-state index is 0.0894. The van der Waals surface area contributed by atoms with Gasteiger partial charge in [0.15, 0.2) is 0 Å². The number of hydrogen-bond donors (Lipinski definition) is 0. The molecule has 0 aliphatic carbocycles. The van der Waals surface area contributed by atoms with Crippen LogP contribution < -0.4 is 4.90 Å². The summed E-state index contributed by atoms with van der Waals surface area (Å²) in [5.74, 6) is 0. The quantitative estimate of drug-likeness (QED) is 0.480. The van der Waals surface area contributed by atoms with Crippen molar-refractivity contribution in [2.24, 2.45) is 0 Å². The van der Waals surface area contributed by atoms with Crippen LogP contribution in [-0.2, 0) is 11.3 Å². The van der Waals surface area contributed by atoms with Crippen molar-refractivity contribution in [3.05, 3.63) is 68.7 Å². The topological polar surface area (TPSA) is 58.9 Å². The third-order valence-corrected chi connectivity index (χ3v) is 5.34. The lowest BCUT2D eigenvalue weighted by molar-refractivity contribution is -0.385. The summed E-state index contributed by atoms with van der Waals surface area (Å²) in [4.78, 5) is 15.5. The van der Waals surface area contributed by atoms with E-state index in [2.05, 4.69) is 23.6 Å². The summed E-state index contributed by atoms with van der Waals surface area (Å²) in [6, 6.07) is 12.9. The number of benzene rings is 2. The van der Waals surface area contributed by atoms with Crippen molar-refractivity contribution in [3.8, 4) is 0 Å². The molecule has 2 aromatic carbocycles. The molecule has 0 spiro atoms. The number of nitro groups is 1. The van der Waals surface area contributed by atoms with Crippen molar-refractivity contribution in [2.75, 3.05) is 31.1 Å². The van der Waals surface area contributed by atoms with E-state index in [4.69, 9.17) is 16.3 Å². The highest BCUT2D eigenvalue weighted by Crippen LogP contribution is 2.36. The van der Waals surface area contributed by atoms with E-state index < -0.39 is 0 Å². The summed E-state index contributed by atoms with van der Waals surface area (Å²) < 4.78 is 6.14. The van der Waals surface area contributed by atoms with Gasteiger partial charge >= 0.3 is 0 Å². The average Bonchev–Trinajstić information content (AvgIpc) is 2.71. The predicted molar refractivity (Wildman–Crippen MR) is 112 cm³/mol. The Balaban J connectivity index is 1.98. The fourth-order valence-corrected chi connectivity index (χ4v) is 3.79. The third-order valence-electron chi connectivity index (χ3n) is 5.09. The van der Waals surface area contributed by atoms with Crippen LogP contribution in [0.3, 0.4) is 0 Å². The molecule has 150 valence electrons. The Labute approximate surface area is 170 Å². The van der Waals surface area contributed by atoms with Crippen molar-refractivity contribution in [1.82, 2.24) is 4.90 Å². The predicted octanol–water partition coefficient (Wildman–Crippen LogP) is 5.02. The van der Waals surface area contributed by atoms with Crippen LogP contribution in [0, 0.1) is 10.1 Å². The Hall–Kier alpha value is -2.15. The molecule has 0 N–H and O–H groups in total. The lowest BCUT2D eigenvalue weighted by Gasteiger charge is -2.38. The zero-order valence-electron chi connectivity index (χ0n) is 16.3. The highest BCUT2D eigenvalue weighted by atomic mass is 35.5. The van der Waals surface area contributed by atoms with E-state index in [1.54, 1.807) is 12.1 Å². The van der Waals surface area contributed by atoms with Gasteiger partial charge in [0.25, 0.3) is 5.69 Å². The van der Waals surface area contributed by atoms with Crippen LogP contribution in [0.2, 0.25) is 5.02 Å². The smallest absolute Gasteiger partial charge is 0.270 e. The van der Waals surface area contributed by atoms with Gasteiger partial charge in [0.2, 0.25) is 0 Å². The first-order valence-electron chi connectivity index (χ1n) is 9.66. The van der Waals surface area contributed by atoms with E-state index in [0.717, 1.165) is 42.9 Å². The molecule has 0 unspecified atom stereocenters. The Morgan fingerprint density at radius 2 is 1.93 bits per heavy atom. The van der Waals surface area contributed by atoms with E-state index >= 15 is 0 Å². The molecule has 0 bridgehead atoms. The minimum atomic E-state index is -0.345. The zero-order chi connectivity index (χ0) is 20.1. The van der Waals surface area contributed by atoms with Crippen LogP contribution in [0.25, 0.3) is 0 Å². The number of halogens is 1. The van der Waals surface area contributed by atoms with E-state index in [-0.39, 0.29) is 16.8 Å². The summed E-state index contributed by atoms with van der Waals surface area (Å²) in [5, 5.41) is 12.1. The largest absolute Gasteiger partial charge is 0.372 e. The molecule has 1 fully saturated rings. The molecule has 28 heavy (non-hydrogen) atoms. The van der Waals surface area contributed by atoms with E-state index in [1.807, 2.05) is 30.3 Å². The van der Waals surface area contributed by atoms with Crippen molar-refractivity contribution in [2.45, 2.75) is 33.0 Å². The minimum Gasteiger partial charge on any atom is -0.372 e. The standard InChI is InChI=1S/C21H26ClN3O3/c1-3-23(4-2)20-11-10-18(25(26)27)14-19(20)21-24(12-5-13-28-21)15-16-6-8-17(22)9-7-16/h6-11,14,21H,3-5,12-13,15H2,1-2H3/t21-/m0/s1. The first kappa shape index (κ1) is 20.6. The van der Waals surface area contributed by atoms with Crippen LogP contribution in [-0.4, -0.2) is 36.1 Å². The Bertz CT molecular complexity index is 809. The van der Waals surface area contributed by atoms with Gasteiger partial charge in [-0.3, -0.25) is 15.0 Å². The molecular weight excluding hydrogens is 378 g/mol. The Morgan fingerprint density at radius 1 is 1.21 bits per heavy atom. The van der Waals surface area contributed by atoms with Crippen LogP contribution in [0.15, 0.2) is 42.5 Å².